The van der Waals surface area contributed by atoms with Gasteiger partial charge < -0.3 is 4.74 Å². The number of fused-ring (bicyclic) bond motifs is 1. The minimum Gasteiger partial charge on any atom is -0.447 e. The van der Waals surface area contributed by atoms with Gasteiger partial charge in [-0.3, -0.25) is 4.90 Å². The zero-order valence-corrected chi connectivity index (χ0v) is 9.51. The van der Waals surface area contributed by atoms with Crippen molar-refractivity contribution in [2.75, 3.05) is 18.1 Å². The Morgan fingerprint density at radius 3 is 2.94 bits per heavy atom. The fourth-order valence-electron chi connectivity index (χ4n) is 2.10. The Kier molecular flexibility index (Phi) is 2.21. The number of hydrogen-bond donors (Lipinski definition) is 0. The molecular weight excluding hydrogens is 216 g/mol. The summed E-state index contributed by atoms with van der Waals surface area (Å²) in [6.07, 6.45) is -0.313. The summed E-state index contributed by atoms with van der Waals surface area (Å²) in [6, 6.07) is 9.95. The van der Waals surface area contributed by atoms with E-state index in [0.717, 1.165) is 16.5 Å². The molecule has 4 heteroatoms. The normalized spacial score (nSPS) is 15.4. The van der Waals surface area contributed by atoms with Gasteiger partial charge in [-0.25, -0.2) is 9.78 Å². The molecule has 17 heavy (non-hydrogen) atoms. The Bertz CT molecular complexity index is 595. The molecule has 0 N–H and O–H groups in total. The second-order valence-electron chi connectivity index (χ2n) is 4.05. The van der Waals surface area contributed by atoms with Crippen molar-refractivity contribution in [1.82, 2.24) is 4.98 Å². The van der Waals surface area contributed by atoms with Gasteiger partial charge in [-0.05, 0) is 18.4 Å². The highest BCUT2D eigenvalue weighted by molar-refractivity contribution is 5.93. The third-order valence-corrected chi connectivity index (χ3v) is 2.95. The number of amides is 1. The lowest BCUT2D eigenvalue weighted by Crippen LogP contribution is -2.24. The first kappa shape index (κ1) is 10.1. The molecule has 0 unspecified atom stereocenters. The molecule has 2 aromatic rings. The number of aryl methyl sites for hydroxylation is 1. The van der Waals surface area contributed by atoms with Crippen molar-refractivity contribution >= 4 is 22.7 Å². The highest BCUT2D eigenvalue weighted by Crippen LogP contribution is 2.24. The van der Waals surface area contributed by atoms with Crippen molar-refractivity contribution in [2.24, 2.45) is 0 Å². The van der Waals surface area contributed by atoms with Crippen LogP contribution in [0.5, 0.6) is 0 Å². The quantitative estimate of drug-likeness (QED) is 0.753. The molecule has 2 heterocycles. The molecule has 0 atom stereocenters. The first-order chi connectivity index (χ1) is 8.25. The van der Waals surface area contributed by atoms with Crippen molar-refractivity contribution in [1.29, 1.82) is 0 Å². The molecule has 1 saturated heterocycles. The molecule has 1 aromatic carbocycles. The maximum absolute atomic E-state index is 11.5. The van der Waals surface area contributed by atoms with Crippen LogP contribution in [0.25, 0.3) is 10.8 Å². The number of hydrogen-bond acceptors (Lipinski definition) is 3. The lowest BCUT2D eigenvalue weighted by Gasteiger charge is -2.13. The van der Waals surface area contributed by atoms with E-state index in [9.17, 15) is 4.79 Å². The van der Waals surface area contributed by atoms with Crippen LogP contribution in [0.3, 0.4) is 0 Å². The Balaban J connectivity index is 2.15. The van der Waals surface area contributed by atoms with Crippen molar-refractivity contribution in [2.45, 2.75) is 6.92 Å². The summed E-state index contributed by atoms with van der Waals surface area (Å²) < 4.78 is 4.92. The fraction of sp³-hybridized carbons (Fsp3) is 0.231. The van der Waals surface area contributed by atoms with Gasteiger partial charge in [0.15, 0.2) is 0 Å². The number of nitrogens with zero attached hydrogens (tertiary/aromatic N) is 2. The fourth-order valence-corrected chi connectivity index (χ4v) is 2.10. The number of ether oxygens (including phenoxy) is 1. The Morgan fingerprint density at radius 1 is 1.35 bits per heavy atom. The smallest absolute Gasteiger partial charge is 0.415 e. The number of anilines is 1. The second kappa shape index (κ2) is 3.73. The average Bonchev–Trinajstić information content (AvgIpc) is 2.75. The first-order valence-corrected chi connectivity index (χ1v) is 5.56. The van der Waals surface area contributed by atoms with Gasteiger partial charge in [-0.2, -0.15) is 0 Å². The highest BCUT2D eigenvalue weighted by Gasteiger charge is 2.25. The monoisotopic (exact) mass is 228 g/mol. The van der Waals surface area contributed by atoms with Crippen LogP contribution in [0, 0.1) is 6.92 Å². The lowest BCUT2D eigenvalue weighted by atomic mass is 10.1. The van der Waals surface area contributed by atoms with E-state index in [1.807, 2.05) is 37.3 Å². The third kappa shape index (κ3) is 1.62. The molecule has 3 rings (SSSR count). The van der Waals surface area contributed by atoms with Crippen LogP contribution in [0.4, 0.5) is 10.6 Å². The summed E-state index contributed by atoms with van der Waals surface area (Å²) in [7, 11) is 0. The Labute approximate surface area is 98.8 Å². The summed E-state index contributed by atoms with van der Waals surface area (Å²) >= 11 is 0. The Hall–Kier alpha value is -2.10. The van der Waals surface area contributed by atoms with E-state index in [1.165, 1.54) is 0 Å². The second-order valence-corrected chi connectivity index (χ2v) is 4.05. The molecule has 1 aliphatic rings. The molecular formula is C13H12N2O2. The summed E-state index contributed by atoms with van der Waals surface area (Å²) in [5, 5.41) is 2.21. The summed E-state index contributed by atoms with van der Waals surface area (Å²) in [6.45, 7) is 2.96. The molecule has 0 spiro atoms. The molecule has 4 nitrogen and oxygen atoms in total. The maximum atomic E-state index is 11.5. The van der Waals surface area contributed by atoms with Gasteiger partial charge >= 0.3 is 6.09 Å². The molecule has 0 radical (unpaired) electrons. The van der Waals surface area contributed by atoms with Gasteiger partial charge in [0.1, 0.15) is 12.4 Å². The minimum atomic E-state index is -0.313. The number of rotatable bonds is 1. The summed E-state index contributed by atoms with van der Waals surface area (Å²) in [4.78, 5) is 17.5. The van der Waals surface area contributed by atoms with E-state index >= 15 is 0 Å². The van der Waals surface area contributed by atoms with E-state index in [1.54, 1.807) is 4.90 Å². The summed E-state index contributed by atoms with van der Waals surface area (Å²) in [5.74, 6) is 0.670. The van der Waals surface area contributed by atoms with Crippen molar-refractivity contribution in [3.05, 3.63) is 36.0 Å². The molecule has 0 aliphatic carbocycles. The van der Waals surface area contributed by atoms with Gasteiger partial charge in [0.25, 0.3) is 0 Å². The van der Waals surface area contributed by atoms with Crippen LogP contribution in [0.1, 0.15) is 5.69 Å². The lowest BCUT2D eigenvalue weighted by molar-refractivity contribution is 0.181. The van der Waals surface area contributed by atoms with E-state index in [-0.39, 0.29) is 6.09 Å². The van der Waals surface area contributed by atoms with E-state index in [4.69, 9.17) is 4.74 Å². The molecule has 1 amide bonds. The predicted octanol–water partition coefficient (Wildman–Crippen LogP) is 2.50. The van der Waals surface area contributed by atoms with Gasteiger partial charge in [0.2, 0.25) is 0 Å². The van der Waals surface area contributed by atoms with E-state index < -0.39 is 0 Å². The average molecular weight is 228 g/mol. The number of aromatic nitrogens is 1. The molecule has 86 valence electrons. The number of carbonyl (C=O) groups is 1. The number of benzene rings is 1. The maximum Gasteiger partial charge on any atom is 0.415 e. The minimum absolute atomic E-state index is 0.313. The topological polar surface area (TPSA) is 42.4 Å². The standard InChI is InChI=1S/C13H12N2O2/c1-9-11-5-3-2-4-10(11)8-12(14-9)15-6-7-17-13(15)16/h2-5,8H,6-7H2,1H3. The largest absolute Gasteiger partial charge is 0.447 e. The Morgan fingerprint density at radius 2 is 2.18 bits per heavy atom. The predicted molar refractivity (Wildman–Crippen MR) is 65.2 cm³/mol. The van der Waals surface area contributed by atoms with Crippen LogP contribution in [0.15, 0.2) is 30.3 Å². The zero-order valence-electron chi connectivity index (χ0n) is 9.51. The van der Waals surface area contributed by atoms with Gasteiger partial charge in [-0.1, -0.05) is 24.3 Å². The number of cyclic esters (lactones) is 1. The van der Waals surface area contributed by atoms with Crippen LogP contribution in [-0.2, 0) is 4.74 Å². The first-order valence-electron chi connectivity index (χ1n) is 5.56. The third-order valence-electron chi connectivity index (χ3n) is 2.95. The molecule has 0 saturated carbocycles. The number of carbonyl (C=O) groups excluding carboxylic acids is 1. The van der Waals surface area contributed by atoms with Crippen LogP contribution in [-0.4, -0.2) is 24.2 Å². The summed E-state index contributed by atoms with van der Waals surface area (Å²) in [5.41, 5.74) is 0.929. The molecule has 1 fully saturated rings. The van der Waals surface area contributed by atoms with Gasteiger partial charge in [0.05, 0.1) is 6.54 Å². The van der Waals surface area contributed by atoms with Crippen molar-refractivity contribution < 1.29 is 9.53 Å². The van der Waals surface area contributed by atoms with Crippen molar-refractivity contribution in [3.63, 3.8) is 0 Å². The van der Waals surface area contributed by atoms with E-state index in [2.05, 4.69) is 4.98 Å². The SMILES string of the molecule is Cc1nc(N2CCOC2=O)cc2ccccc12. The molecule has 1 aromatic heterocycles. The van der Waals surface area contributed by atoms with E-state index in [0.29, 0.717) is 19.0 Å². The highest BCUT2D eigenvalue weighted by atomic mass is 16.6. The van der Waals surface area contributed by atoms with Crippen LogP contribution < -0.4 is 4.90 Å². The molecule has 0 bridgehead atoms. The van der Waals surface area contributed by atoms with Gasteiger partial charge in [-0.15, -0.1) is 0 Å². The van der Waals surface area contributed by atoms with Crippen LogP contribution in [0.2, 0.25) is 0 Å². The molecule has 1 aliphatic heterocycles. The van der Waals surface area contributed by atoms with Crippen LogP contribution >= 0.6 is 0 Å². The number of pyridine rings is 1. The zero-order chi connectivity index (χ0) is 11.8. The van der Waals surface area contributed by atoms with Gasteiger partial charge in [0, 0.05) is 11.1 Å². The van der Waals surface area contributed by atoms with Crippen molar-refractivity contribution in [3.8, 4) is 0 Å².